The van der Waals surface area contributed by atoms with E-state index in [2.05, 4.69) is 12.6 Å². The van der Waals surface area contributed by atoms with Gasteiger partial charge in [0.25, 0.3) is 0 Å². The van der Waals surface area contributed by atoms with Crippen LogP contribution < -0.4 is 4.74 Å². The van der Waals surface area contributed by atoms with Crippen LogP contribution >= 0.6 is 12.6 Å². The Morgan fingerprint density at radius 1 is 1.19 bits per heavy atom. The average molecular weight is 312 g/mol. The van der Waals surface area contributed by atoms with Crippen molar-refractivity contribution in [2.75, 3.05) is 19.0 Å². The van der Waals surface area contributed by atoms with E-state index in [1.165, 1.54) is 13.8 Å². The minimum absolute atomic E-state index is 0.164. The van der Waals surface area contributed by atoms with E-state index >= 15 is 0 Å². The summed E-state index contributed by atoms with van der Waals surface area (Å²) >= 11 is 3.93. The van der Waals surface area contributed by atoms with Gasteiger partial charge < -0.3 is 14.6 Å². The predicted molar refractivity (Wildman–Crippen MR) is 82.0 cm³/mol. The zero-order chi connectivity index (χ0) is 15.9. The lowest BCUT2D eigenvalue weighted by Gasteiger charge is -2.15. The second-order valence-corrected chi connectivity index (χ2v) is 5.40. The van der Waals surface area contributed by atoms with Crippen LogP contribution in [-0.2, 0) is 9.53 Å². The van der Waals surface area contributed by atoms with Crippen LogP contribution in [0.15, 0.2) is 24.3 Å². The number of carbonyl (C=O) groups is 2. The summed E-state index contributed by atoms with van der Waals surface area (Å²) in [7, 11) is 0. The molecule has 0 fully saturated rings. The third-order valence-electron chi connectivity index (χ3n) is 2.60. The van der Waals surface area contributed by atoms with E-state index in [0.717, 1.165) is 0 Å². The molecule has 1 aromatic carbocycles. The molecular formula is C15H20O5S. The highest BCUT2D eigenvalue weighted by atomic mass is 32.1. The molecule has 0 saturated carbocycles. The molecule has 0 unspecified atom stereocenters. The molecule has 0 aliphatic rings. The molecule has 1 rings (SSSR count). The summed E-state index contributed by atoms with van der Waals surface area (Å²) in [6.07, 6.45) is 0.275. The monoisotopic (exact) mass is 312 g/mol. The van der Waals surface area contributed by atoms with Gasteiger partial charge in [0.1, 0.15) is 24.6 Å². The third-order valence-corrected chi connectivity index (χ3v) is 2.83. The summed E-state index contributed by atoms with van der Waals surface area (Å²) in [6, 6.07) is 6.44. The van der Waals surface area contributed by atoms with Crippen molar-refractivity contribution in [3.8, 4) is 5.75 Å². The van der Waals surface area contributed by atoms with Crippen molar-refractivity contribution < 1.29 is 24.2 Å². The molecule has 116 valence electrons. The highest BCUT2D eigenvalue weighted by Gasteiger charge is 2.24. The number of Topliss-reactive ketones (excluding diaryl/α,β-unsaturated/α-hetero) is 1. The molecule has 1 N–H and O–H groups in total. The van der Waals surface area contributed by atoms with Crippen LogP contribution in [0.25, 0.3) is 0 Å². The molecule has 21 heavy (non-hydrogen) atoms. The molecule has 5 nitrogen and oxygen atoms in total. The van der Waals surface area contributed by atoms with Gasteiger partial charge in [0, 0.05) is 11.3 Å². The fourth-order valence-corrected chi connectivity index (χ4v) is 1.72. The normalized spacial score (nSPS) is 11.0. The summed E-state index contributed by atoms with van der Waals surface area (Å²) in [5.74, 6) is 0.359. The number of rotatable bonds is 8. The van der Waals surface area contributed by atoms with Crippen LogP contribution in [0.5, 0.6) is 5.75 Å². The second-order valence-electron chi connectivity index (χ2n) is 4.96. The van der Waals surface area contributed by atoms with E-state index < -0.39 is 5.60 Å². The molecule has 0 amide bonds. The maximum absolute atomic E-state index is 11.8. The number of esters is 1. The molecule has 0 bridgehead atoms. The van der Waals surface area contributed by atoms with Crippen molar-refractivity contribution in [3.05, 3.63) is 29.8 Å². The summed E-state index contributed by atoms with van der Waals surface area (Å²) in [4.78, 5) is 22.9. The Bertz CT molecular complexity index is 476. The SMILES string of the molecule is CC(C)(O)C(=O)c1ccc(OCCOC(=O)CCS)cc1. The van der Waals surface area contributed by atoms with E-state index in [9.17, 15) is 14.7 Å². The zero-order valence-corrected chi connectivity index (χ0v) is 13.1. The molecule has 0 aliphatic heterocycles. The Balaban J connectivity index is 2.42. The number of carbonyl (C=O) groups excluding carboxylic acids is 2. The highest BCUT2D eigenvalue weighted by molar-refractivity contribution is 7.80. The smallest absolute Gasteiger partial charge is 0.306 e. The van der Waals surface area contributed by atoms with E-state index in [-0.39, 0.29) is 31.4 Å². The molecule has 0 heterocycles. The largest absolute Gasteiger partial charge is 0.490 e. The van der Waals surface area contributed by atoms with Crippen LogP contribution in [-0.4, -0.2) is 41.4 Å². The van der Waals surface area contributed by atoms with Crippen molar-refractivity contribution in [2.24, 2.45) is 0 Å². The van der Waals surface area contributed by atoms with Crippen LogP contribution in [0.3, 0.4) is 0 Å². The molecule has 1 aromatic rings. The van der Waals surface area contributed by atoms with Crippen molar-refractivity contribution >= 4 is 24.4 Å². The number of ether oxygens (including phenoxy) is 2. The molecular weight excluding hydrogens is 292 g/mol. The standard InChI is InChI=1S/C15H20O5S/c1-15(2,18)14(17)11-3-5-12(6-4-11)19-8-9-20-13(16)7-10-21/h3-6,18,21H,7-10H2,1-2H3. The Hall–Kier alpha value is -1.53. The van der Waals surface area contributed by atoms with Gasteiger partial charge in [-0.25, -0.2) is 0 Å². The molecule has 0 aliphatic carbocycles. The van der Waals surface area contributed by atoms with Gasteiger partial charge in [0.15, 0.2) is 5.78 Å². The first-order chi connectivity index (χ1) is 9.84. The zero-order valence-electron chi connectivity index (χ0n) is 12.2. The van der Waals surface area contributed by atoms with E-state index in [1.54, 1.807) is 24.3 Å². The quantitative estimate of drug-likeness (QED) is 0.332. The molecule has 0 saturated heterocycles. The van der Waals surface area contributed by atoms with Crippen molar-refractivity contribution in [1.29, 1.82) is 0 Å². The molecule has 0 radical (unpaired) electrons. The first-order valence-corrected chi connectivity index (χ1v) is 7.24. The maximum atomic E-state index is 11.8. The number of benzene rings is 1. The topological polar surface area (TPSA) is 72.8 Å². The number of aliphatic hydroxyl groups is 1. The van der Waals surface area contributed by atoms with Crippen molar-refractivity contribution in [3.63, 3.8) is 0 Å². The maximum Gasteiger partial charge on any atom is 0.306 e. The van der Waals surface area contributed by atoms with E-state index in [4.69, 9.17) is 9.47 Å². The second kappa shape index (κ2) is 8.05. The van der Waals surface area contributed by atoms with E-state index in [1.807, 2.05) is 0 Å². The summed E-state index contributed by atoms with van der Waals surface area (Å²) in [5, 5.41) is 9.64. The third kappa shape index (κ3) is 6.18. The highest BCUT2D eigenvalue weighted by Crippen LogP contribution is 2.17. The lowest BCUT2D eigenvalue weighted by molar-refractivity contribution is -0.143. The molecule has 0 aromatic heterocycles. The van der Waals surface area contributed by atoms with Crippen molar-refractivity contribution in [2.45, 2.75) is 25.9 Å². The number of thiol groups is 1. The van der Waals surface area contributed by atoms with E-state index in [0.29, 0.717) is 17.1 Å². The predicted octanol–water partition coefficient (Wildman–Crippen LogP) is 1.88. The summed E-state index contributed by atoms with van der Waals surface area (Å²) in [6.45, 7) is 3.28. The molecule has 0 spiro atoms. The van der Waals surface area contributed by atoms with Gasteiger partial charge in [-0.2, -0.15) is 12.6 Å². The van der Waals surface area contributed by atoms with Crippen LogP contribution in [0.4, 0.5) is 0 Å². The minimum atomic E-state index is -1.40. The molecule has 0 atom stereocenters. The fraction of sp³-hybridized carbons (Fsp3) is 0.467. The van der Waals surface area contributed by atoms with Crippen LogP contribution in [0.1, 0.15) is 30.6 Å². The summed E-state index contributed by atoms with van der Waals surface area (Å²) < 4.78 is 10.3. The Labute approximate surface area is 129 Å². The minimum Gasteiger partial charge on any atom is -0.490 e. The average Bonchev–Trinajstić information content (AvgIpc) is 2.43. The van der Waals surface area contributed by atoms with Gasteiger partial charge in [-0.1, -0.05) is 0 Å². The van der Waals surface area contributed by atoms with Gasteiger partial charge in [0.05, 0.1) is 6.42 Å². The Morgan fingerprint density at radius 2 is 1.81 bits per heavy atom. The lowest BCUT2D eigenvalue weighted by Crippen LogP contribution is -2.30. The first kappa shape index (κ1) is 17.5. The first-order valence-electron chi connectivity index (χ1n) is 6.61. The number of hydrogen-bond donors (Lipinski definition) is 2. The Kier molecular flexibility index (Phi) is 6.71. The molecule has 6 heteroatoms. The lowest BCUT2D eigenvalue weighted by atomic mass is 9.97. The van der Waals surface area contributed by atoms with Gasteiger partial charge in [-0.05, 0) is 38.1 Å². The number of ketones is 1. The summed E-state index contributed by atoms with van der Waals surface area (Å²) in [5.41, 5.74) is -0.987. The van der Waals surface area contributed by atoms with Gasteiger partial charge in [0.2, 0.25) is 0 Å². The van der Waals surface area contributed by atoms with Gasteiger partial charge in [-0.3, -0.25) is 9.59 Å². The Morgan fingerprint density at radius 3 is 2.33 bits per heavy atom. The van der Waals surface area contributed by atoms with Crippen molar-refractivity contribution in [1.82, 2.24) is 0 Å². The van der Waals surface area contributed by atoms with Crippen LogP contribution in [0, 0.1) is 0 Å². The fourth-order valence-electron chi connectivity index (χ4n) is 1.53. The van der Waals surface area contributed by atoms with Gasteiger partial charge in [-0.15, -0.1) is 0 Å². The van der Waals surface area contributed by atoms with Gasteiger partial charge >= 0.3 is 5.97 Å². The van der Waals surface area contributed by atoms with Crippen LogP contribution in [0.2, 0.25) is 0 Å². The number of hydrogen-bond acceptors (Lipinski definition) is 6.